The number of hydrogen-bond donors (Lipinski definition) is 1. The molecule has 146 valence electrons. The summed E-state index contributed by atoms with van der Waals surface area (Å²) in [5.74, 6) is 4.13. The molecular weight excluding hydrogens is 350 g/mol. The van der Waals surface area contributed by atoms with Gasteiger partial charge in [0.05, 0.1) is 0 Å². The van der Waals surface area contributed by atoms with Crippen LogP contribution in [0.15, 0.2) is 18.2 Å². The molecule has 0 amide bonds. The fraction of sp³-hybridized carbons (Fsp3) is 0.696. The number of aryl methyl sites for hydroxylation is 2. The van der Waals surface area contributed by atoms with Crippen LogP contribution >= 0.6 is 12.2 Å². The van der Waals surface area contributed by atoms with Crippen LogP contribution in [0.2, 0.25) is 0 Å². The van der Waals surface area contributed by atoms with E-state index in [2.05, 4.69) is 47.2 Å². The van der Waals surface area contributed by atoms with Crippen LogP contribution in [-0.4, -0.2) is 47.1 Å². The molecule has 1 aliphatic heterocycles. The first-order valence-electron chi connectivity index (χ1n) is 10.9. The number of hydrogen-bond acceptors (Lipinski definition) is 2. The molecule has 3 nitrogen and oxygen atoms in total. The summed E-state index contributed by atoms with van der Waals surface area (Å²) in [6.45, 7) is 8.79. The van der Waals surface area contributed by atoms with Crippen molar-refractivity contribution >= 4 is 23.0 Å². The van der Waals surface area contributed by atoms with Crippen LogP contribution in [0, 0.1) is 37.5 Å². The average molecular weight is 384 g/mol. The first kappa shape index (κ1) is 17.9. The van der Waals surface area contributed by atoms with E-state index in [-0.39, 0.29) is 0 Å². The lowest BCUT2D eigenvalue weighted by molar-refractivity contribution is -0.0726. The van der Waals surface area contributed by atoms with Crippen LogP contribution in [0.1, 0.15) is 43.2 Å². The molecule has 1 N–H and O–H groups in total. The number of nitrogens with one attached hydrogen (secondary N) is 1. The van der Waals surface area contributed by atoms with Gasteiger partial charge in [0.2, 0.25) is 0 Å². The SMILES string of the molecule is Cc1cc(C)cc(NC(=S)N2CCN(C3C4CC5CC(C4)CC3C5)CC2)c1. The maximum atomic E-state index is 5.74. The first-order valence-corrected chi connectivity index (χ1v) is 11.3. The van der Waals surface area contributed by atoms with E-state index in [9.17, 15) is 0 Å². The molecule has 4 aliphatic carbocycles. The highest BCUT2D eigenvalue weighted by molar-refractivity contribution is 7.80. The van der Waals surface area contributed by atoms with Crippen molar-refractivity contribution in [1.82, 2.24) is 9.80 Å². The first-order chi connectivity index (χ1) is 13.0. The van der Waals surface area contributed by atoms with Gasteiger partial charge in [-0.15, -0.1) is 0 Å². The molecule has 1 aromatic rings. The lowest BCUT2D eigenvalue weighted by Gasteiger charge is -2.58. The van der Waals surface area contributed by atoms with Gasteiger partial charge in [-0.25, -0.2) is 0 Å². The molecule has 4 heteroatoms. The zero-order valence-corrected chi connectivity index (χ0v) is 17.6. The van der Waals surface area contributed by atoms with Gasteiger partial charge in [-0.3, -0.25) is 4.90 Å². The Labute approximate surface area is 169 Å². The highest BCUT2D eigenvalue weighted by Crippen LogP contribution is 2.55. The average Bonchev–Trinajstić information content (AvgIpc) is 2.60. The molecule has 0 spiro atoms. The molecule has 0 unspecified atom stereocenters. The molecule has 1 heterocycles. The zero-order valence-electron chi connectivity index (χ0n) is 16.8. The Kier molecular flexibility index (Phi) is 4.68. The Bertz CT molecular complexity index is 674. The fourth-order valence-corrected chi connectivity index (χ4v) is 7.27. The van der Waals surface area contributed by atoms with E-state index >= 15 is 0 Å². The summed E-state index contributed by atoms with van der Waals surface area (Å²) in [6, 6.07) is 7.45. The number of benzene rings is 1. The summed E-state index contributed by atoms with van der Waals surface area (Å²) in [4.78, 5) is 5.21. The Morgan fingerprint density at radius 1 is 0.852 bits per heavy atom. The lowest BCUT2D eigenvalue weighted by atomic mass is 9.54. The number of anilines is 1. The van der Waals surface area contributed by atoms with Gasteiger partial charge in [0, 0.05) is 37.9 Å². The van der Waals surface area contributed by atoms with Gasteiger partial charge in [0.25, 0.3) is 0 Å². The van der Waals surface area contributed by atoms with Crippen LogP contribution in [0.5, 0.6) is 0 Å². The van der Waals surface area contributed by atoms with E-state index < -0.39 is 0 Å². The Balaban J connectivity index is 1.18. The topological polar surface area (TPSA) is 18.5 Å². The van der Waals surface area contributed by atoms with Crippen molar-refractivity contribution in [2.45, 2.75) is 52.0 Å². The van der Waals surface area contributed by atoms with Gasteiger partial charge in [-0.2, -0.15) is 0 Å². The van der Waals surface area contributed by atoms with Crippen molar-refractivity contribution in [2.24, 2.45) is 23.7 Å². The van der Waals surface area contributed by atoms with Crippen molar-refractivity contribution in [3.05, 3.63) is 29.3 Å². The molecular formula is C23H33N3S. The largest absolute Gasteiger partial charge is 0.346 e. The van der Waals surface area contributed by atoms with Gasteiger partial charge in [-0.1, -0.05) is 6.07 Å². The Morgan fingerprint density at radius 3 is 1.96 bits per heavy atom. The molecule has 5 fully saturated rings. The predicted molar refractivity (Wildman–Crippen MR) is 116 cm³/mol. The minimum atomic E-state index is 0.876. The van der Waals surface area contributed by atoms with Gasteiger partial charge < -0.3 is 10.2 Å². The number of nitrogens with zero attached hydrogens (tertiary/aromatic N) is 2. The predicted octanol–water partition coefficient (Wildman–Crippen LogP) is 4.44. The second kappa shape index (κ2) is 7.04. The van der Waals surface area contributed by atoms with E-state index in [0.717, 1.165) is 53.6 Å². The molecule has 0 atom stereocenters. The van der Waals surface area contributed by atoms with Crippen molar-refractivity contribution in [3.63, 3.8) is 0 Å². The van der Waals surface area contributed by atoms with Gasteiger partial charge >= 0.3 is 0 Å². The normalized spacial score (nSPS) is 35.5. The zero-order chi connectivity index (χ0) is 18.5. The summed E-state index contributed by atoms with van der Waals surface area (Å²) in [5.41, 5.74) is 3.69. The van der Waals surface area contributed by atoms with Gasteiger partial charge in [0.1, 0.15) is 0 Å². The molecule has 4 saturated carbocycles. The van der Waals surface area contributed by atoms with Crippen LogP contribution in [0.3, 0.4) is 0 Å². The maximum absolute atomic E-state index is 5.74. The summed E-state index contributed by atoms with van der Waals surface area (Å²) in [6.07, 6.45) is 7.62. The molecule has 1 aromatic carbocycles. The van der Waals surface area contributed by atoms with Gasteiger partial charge in [-0.05, 0) is 105 Å². The monoisotopic (exact) mass is 383 g/mol. The Morgan fingerprint density at radius 2 is 1.41 bits per heavy atom. The molecule has 4 bridgehead atoms. The van der Waals surface area contributed by atoms with Crippen LogP contribution < -0.4 is 5.32 Å². The molecule has 5 aliphatic rings. The smallest absolute Gasteiger partial charge is 0.173 e. The third kappa shape index (κ3) is 3.51. The van der Waals surface area contributed by atoms with Gasteiger partial charge in [0.15, 0.2) is 5.11 Å². The number of thiocarbonyl (C=S) groups is 1. The van der Waals surface area contributed by atoms with Crippen molar-refractivity contribution < 1.29 is 0 Å². The third-order valence-electron chi connectivity index (χ3n) is 7.67. The van der Waals surface area contributed by atoms with Crippen LogP contribution in [0.25, 0.3) is 0 Å². The maximum Gasteiger partial charge on any atom is 0.173 e. The Hall–Kier alpha value is -1.13. The fourth-order valence-electron chi connectivity index (χ4n) is 6.97. The quantitative estimate of drug-likeness (QED) is 0.761. The highest BCUT2D eigenvalue weighted by atomic mass is 32.1. The number of rotatable bonds is 2. The highest BCUT2D eigenvalue weighted by Gasteiger charge is 2.50. The second-order valence-corrected chi connectivity index (χ2v) is 10.1. The standard InChI is InChI=1S/C23H33N3S/c1-15-7-16(2)9-21(8-15)24-23(27)26-5-3-25(4-6-26)22-19-11-17-10-18(13-19)14-20(22)12-17/h7-9,17-20,22H,3-6,10-14H2,1-2H3,(H,24,27). The summed E-state index contributed by atoms with van der Waals surface area (Å²) in [5, 5.41) is 4.37. The van der Waals surface area contributed by atoms with Crippen LogP contribution in [0.4, 0.5) is 5.69 Å². The van der Waals surface area contributed by atoms with E-state index in [0.29, 0.717) is 0 Å². The molecule has 0 aromatic heterocycles. The minimum Gasteiger partial charge on any atom is -0.346 e. The third-order valence-corrected chi connectivity index (χ3v) is 8.03. The summed E-state index contributed by atoms with van der Waals surface area (Å²) < 4.78 is 0. The summed E-state index contributed by atoms with van der Waals surface area (Å²) >= 11 is 5.74. The van der Waals surface area contributed by atoms with Crippen molar-refractivity contribution in [1.29, 1.82) is 0 Å². The van der Waals surface area contributed by atoms with Crippen molar-refractivity contribution in [3.8, 4) is 0 Å². The molecule has 6 rings (SSSR count). The second-order valence-electron chi connectivity index (χ2n) is 9.75. The molecule has 1 saturated heterocycles. The van der Waals surface area contributed by atoms with Crippen LogP contribution in [-0.2, 0) is 0 Å². The van der Waals surface area contributed by atoms with E-state index in [1.54, 1.807) is 6.42 Å². The number of piperazine rings is 1. The van der Waals surface area contributed by atoms with E-state index in [4.69, 9.17) is 12.2 Å². The minimum absolute atomic E-state index is 0.876. The lowest BCUT2D eigenvalue weighted by Crippen LogP contribution is -2.60. The molecule has 0 radical (unpaired) electrons. The summed E-state index contributed by atoms with van der Waals surface area (Å²) in [7, 11) is 0. The van der Waals surface area contributed by atoms with E-state index in [1.165, 1.54) is 49.9 Å². The van der Waals surface area contributed by atoms with Crippen molar-refractivity contribution in [2.75, 3.05) is 31.5 Å². The van der Waals surface area contributed by atoms with E-state index in [1.807, 2.05) is 0 Å². The molecule has 27 heavy (non-hydrogen) atoms.